The van der Waals surface area contributed by atoms with Crippen molar-refractivity contribution in [1.29, 1.82) is 0 Å². The zero-order valence-electron chi connectivity index (χ0n) is 12.1. The maximum Gasteiger partial charge on any atom is 0.0708 e. The number of benzene rings is 1. The molecule has 1 N–H and O–H groups in total. The van der Waals surface area contributed by atoms with Gasteiger partial charge in [0.25, 0.3) is 0 Å². The van der Waals surface area contributed by atoms with Crippen molar-refractivity contribution in [2.75, 3.05) is 7.05 Å². The first kappa shape index (κ1) is 13.3. The van der Waals surface area contributed by atoms with Gasteiger partial charge in [0.1, 0.15) is 0 Å². The molecule has 20 heavy (non-hydrogen) atoms. The van der Waals surface area contributed by atoms with Crippen LogP contribution in [-0.4, -0.2) is 12.0 Å². The Kier molecular flexibility index (Phi) is 4.12. The van der Waals surface area contributed by atoms with Crippen LogP contribution in [0.15, 0.2) is 48.0 Å². The summed E-state index contributed by atoms with van der Waals surface area (Å²) in [4.78, 5) is 4.85. The molecule has 1 aliphatic rings. The number of aromatic nitrogens is 1. The summed E-state index contributed by atoms with van der Waals surface area (Å²) in [7, 11) is 2.03. The Balaban J connectivity index is 1.95. The first-order valence-electron chi connectivity index (χ1n) is 7.60. The minimum Gasteiger partial charge on any atom is -0.308 e. The van der Waals surface area contributed by atoms with Crippen molar-refractivity contribution in [1.82, 2.24) is 10.3 Å². The smallest absolute Gasteiger partial charge is 0.0708 e. The number of hydrogen-bond donors (Lipinski definition) is 1. The van der Waals surface area contributed by atoms with Crippen molar-refractivity contribution in [3.8, 4) is 0 Å². The summed E-state index contributed by atoms with van der Waals surface area (Å²) < 4.78 is 0. The summed E-state index contributed by atoms with van der Waals surface area (Å²) >= 11 is 0. The lowest BCUT2D eigenvalue weighted by atomic mass is 9.98. The van der Waals surface area contributed by atoms with Crippen molar-refractivity contribution in [3.63, 3.8) is 0 Å². The molecule has 1 atom stereocenters. The molecule has 0 fully saturated rings. The van der Waals surface area contributed by atoms with E-state index < -0.39 is 0 Å². The van der Waals surface area contributed by atoms with Gasteiger partial charge in [-0.15, -0.1) is 0 Å². The lowest BCUT2D eigenvalue weighted by Crippen LogP contribution is -2.20. The van der Waals surface area contributed by atoms with Crippen LogP contribution in [-0.2, 0) is 0 Å². The summed E-state index contributed by atoms with van der Waals surface area (Å²) in [5.41, 5.74) is 3.73. The molecule has 0 saturated heterocycles. The number of allylic oxidation sites excluding steroid dienone is 1. The molecule has 0 spiro atoms. The van der Waals surface area contributed by atoms with Gasteiger partial charge >= 0.3 is 0 Å². The summed E-state index contributed by atoms with van der Waals surface area (Å²) in [5.74, 6) is 0. The molecule has 2 nitrogen and oxygen atoms in total. The number of nitrogens with zero attached hydrogens (tertiary/aromatic N) is 1. The molecule has 0 amide bonds. The van der Waals surface area contributed by atoms with Gasteiger partial charge in [-0.2, -0.15) is 0 Å². The molecular weight excluding hydrogens is 244 g/mol. The largest absolute Gasteiger partial charge is 0.308 e. The molecule has 104 valence electrons. The van der Waals surface area contributed by atoms with Crippen molar-refractivity contribution in [2.45, 2.75) is 38.1 Å². The topological polar surface area (TPSA) is 24.9 Å². The highest BCUT2D eigenvalue weighted by molar-refractivity contribution is 5.78. The van der Waals surface area contributed by atoms with Gasteiger partial charge in [0.15, 0.2) is 0 Å². The zero-order valence-corrected chi connectivity index (χ0v) is 12.1. The molecule has 1 unspecified atom stereocenters. The average molecular weight is 266 g/mol. The number of pyridine rings is 1. The SMILES string of the molecule is CNC(C1=CCCCCC1)c1ccc2ccccc2n1. The minimum atomic E-state index is 0.262. The molecule has 1 aromatic heterocycles. The second-order valence-corrected chi connectivity index (χ2v) is 5.53. The van der Waals surface area contributed by atoms with E-state index in [0.29, 0.717) is 0 Å². The van der Waals surface area contributed by atoms with Crippen molar-refractivity contribution >= 4 is 10.9 Å². The second kappa shape index (κ2) is 6.19. The molecular formula is C18H22N2. The highest BCUT2D eigenvalue weighted by Crippen LogP contribution is 2.29. The predicted molar refractivity (Wildman–Crippen MR) is 84.7 cm³/mol. The number of para-hydroxylation sites is 1. The van der Waals surface area contributed by atoms with E-state index in [2.05, 4.69) is 47.8 Å². The minimum absolute atomic E-state index is 0.262. The average Bonchev–Trinajstić information content (AvgIpc) is 2.77. The quantitative estimate of drug-likeness (QED) is 0.834. The molecule has 1 aromatic carbocycles. The van der Waals surface area contributed by atoms with Gasteiger partial charge in [-0.25, -0.2) is 0 Å². The van der Waals surface area contributed by atoms with E-state index in [4.69, 9.17) is 4.98 Å². The molecule has 2 heteroatoms. The summed E-state index contributed by atoms with van der Waals surface area (Å²) in [6, 6.07) is 12.9. The number of likely N-dealkylation sites (N-methyl/N-ethyl adjacent to an activating group) is 1. The lowest BCUT2D eigenvalue weighted by molar-refractivity contribution is 0.617. The summed E-state index contributed by atoms with van der Waals surface area (Å²) in [5, 5.41) is 4.66. The van der Waals surface area contributed by atoms with Gasteiger partial charge in [-0.05, 0) is 44.9 Å². The normalized spacial score (nSPS) is 17.6. The van der Waals surface area contributed by atoms with E-state index in [1.165, 1.54) is 43.1 Å². The van der Waals surface area contributed by atoms with Crippen LogP contribution in [0.2, 0.25) is 0 Å². The Morgan fingerprint density at radius 1 is 1.05 bits per heavy atom. The molecule has 0 aliphatic heterocycles. The van der Waals surface area contributed by atoms with Crippen LogP contribution in [0.4, 0.5) is 0 Å². The van der Waals surface area contributed by atoms with E-state index in [-0.39, 0.29) is 6.04 Å². The third kappa shape index (κ3) is 2.75. The second-order valence-electron chi connectivity index (χ2n) is 5.53. The van der Waals surface area contributed by atoms with Crippen LogP contribution >= 0.6 is 0 Å². The number of hydrogen-bond acceptors (Lipinski definition) is 2. The van der Waals surface area contributed by atoms with E-state index in [1.807, 2.05) is 7.05 Å². The van der Waals surface area contributed by atoms with E-state index in [0.717, 1.165) is 11.2 Å². The monoisotopic (exact) mass is 266 g/mol. The standard InChI is InChI=1S/C18H22N2/c1-19-18(15-9-4-2-3-5-10-15)17-13-12-14-8-6-7-11-16(14)20-17/h6-9,11-13,18-19H,2-5,10H2,1H3. The number of fused-ring (bicyclic) bond motifs is 1. The van der Waals surface area contributed by atoms with E-state index in [1.54, 1.807) is 0 Å². The Morgan fingerprint density at radius 3 is 2.85 bits per heavy atom. The van der Waals surface area contributed by atoms with Crippen molar-refractivity contribution < 1.29 is 0 Å². The Morgan fingerprint density at radius 2 is 1.95 bits per heavy atom. The third-order valence-corrected chi connectivity index (χ3v) is 4.15. The first-order chi connectivity index (χ1) is 9.88. The van der Waals surface area contributed by atoms with Crippen molar-refractivity contribution in [3.05, 3.63) is 53.7 Å². The van der Waals surface area contributed by atoms with Gasteiger partial charge in [0.2, 0.25) is 0 Å². The highest BCUT2D eigenvalue weighted by atomic mass is 14.9. The summed E-state index contributed by atoms with van der Waals surface area (Å²) in [6.45, 7) is 0. The Labute approximate surface area is 120 Å². The molecule has 0 bridgehead atoms. The van der Waals surface area contributed by atoms with Gasteiger partial charge < -0.3 is 5.32 Å². The maximum atomic E-state index is 4.85. The Bertz CT molecular complexity index is 616. The summed E-state index contributed by atoms with van der Waals surface area (Å²) in [6.07, 6.45) is 8.80. The highest BCUT2D eigenvalue weighted by Gasteiger charge is 2.17. The first-order valence-corrected chi connectivity index (χ1v) is 7.60. The van der Waals surface area contributed by atoms with Gasteiger partial charge in [0, 0.05) is 5.39 Å². The molecule has 0 saturated carbocycles. The van der Waals surface area contributed by atoms with E-state index in [9.17, 15) is 0 Å². The molecule has 1 aliphatic carbocycles. The van der Waals surface area contributed by atoms with Crippen LogP contribution in [0.25, 0.3) is 10.9 Å². The molecule has 3 rings (SSSR count). The van der Waals surface area contributed by atoms with Gasteiger partial charge in [-0.3, -0.25) is 4.98 Å². The third-order valence-electron chi connectivity index (χ3n) is 4.15. The van der Waals surface area contributed by atoms with Crippen molar-refractivity contribution in [2.24, 2.45) is 0 Å². The molecule has 1 heterocycles. The molecule has 0 radical (unpaired) electrons. The van der Waals surface area contributed by atoms with Crippen LogP contribution in [0.1, 0.15) is 43.8 Å². The molecule has 2 aromatic rings. The van der Waals surface area contributed by atoms with Gasteiger partial charge in [-0.1, -0.05) is 42.3 Å². The fraction of sp³-hybridized carbons (Fsp3) is 0.389. The van der Waals surface area contributed by atoms with Crippen LogP contribution in [0.3, 0.4) is 0 Å². The fourth-order valence-corrected chi connectivity index (χ4v) is 3.07. The van der Waals surface area contributed by atoms with Crippen LogP contribution in [0.5, 0.6) is 0 Å². The van der Waals surface area contributed by atoms with Crippen LogP contribution < -0.4 is 5.32 Å². The van der Waals surface area contributed by atoms with E-state index >= 15 is 0 Å². The predicted octanol–water partition coefficient (Wildman–Crippen LogP) is 4.39. The number of rotatable bonds is 3. The van der Waals surface area contributed by atoms with Crippen LogP contribution in [0, 0.1) is 0 Å². The fourth-order valence-electron chi connectivity index (χ4n) is 3.07. The Hall–Kier alpha value is -1.67. The van der Waals surface area contributed by atoms with Gasteiger partial charge in [0.05, 0.1) is 17.3 Å². The lowest BCUT2D eigenvalue weighted by Gasteiger charge is -2.19. The zero-order chi connectivity index (χ0) is 13.8. The number of nitrogens with one attached hydrogen (secondary N) is 1. The maximum absolute atomic E-state index is 4.85.